The Balaban J connectivity index is 1.92. The van der Waals surface area contributed by atoms with Crippen molar-refractivity contribution in [2.24, 2.45) is 0 Å². The predicted molar refractivity (Wildman–Crippen MR) is 98.0 cm³/mol. The molecule has 1 heterocycles. The predicted octanol–water partition coefficient (Wildman–Crippen LogP) is 5.26. The lowest BCUT2D eigenvalue weighted by atomic mass is 9.87. The highest BCUT2D eigenvalue weighted by Crippen LogP contribution is 2.38. The van der Waals surface area contributed by atoms with Gasteiger partial charge in [0.15, 0.2) is 0 Å². The van der Waals surface area contributed by atoms with E-state index in [4.69, 9.17) is 4.74 Å². The molecule has 1 fully saturated rings. The van der Waals surface area contributed by atoms with Gasteiger partial charge in [-0.3, -0.25) is 0 Å². The molecule has 30 heavy (non-hydrogen) atoms. The van der Waals surface area contributed by atoms with Crippen LogP contribution in [0.5, 0.6) is 5.75 Å². The van der Waals surface area contributed by atoms with Crippen molar-refractivity contribution in [3.8, 4) is 5.75 Å². The van der Waals surface area contributed by atoms with Crippen molar-refractivity contribution in [1.29, 1.82) is 0 Å². The molecule has 0 amide bonds. The monoisotopic (exact) mass is 433 g/mol. The quantitative estimate of drug-likeness (QED) is 0.632. The van der Waals surface area contributed by atoms with Crippen LogP contribution in [-0.4, -0.2) is 18.2 Å². The Kier molecular flexibility index (Phi) is 6.62. The molecule has 1 aliphatic heterocycles. The van der Waals surface area contributed by atoms with E-state index in [2.05, 4.69) is 5.32 Å². The third-order valence-corrected chi connectivity index (χ3v) is 5.07. The molecule has 0 aromatic heterocycles. The summed E-state index contributed by atoms with van der Waals surface area (Å²) in [6, 6.07) is 6.38. The Morgan fingerprint density at radius 1 is 1.00 bits per heavy atom. The Bertz CT molecular complexity index is 841. The van der Waals surface area contributed by atoms with Gasteiger partial charge in [-0.05, 0) is 54.8 Å². The van der Waals surface area contributed by atoms with Crippen LogP contribution < -0.4 is 10.1 Å². The summed E-state index contributed by atoms with van der Waals surface area (Å²) in [6.45, 7) is 0.799. The maximum atomic E-state index is 13.1. The molecule has 2 N–H and O–H groups in total. The Morgan fingerprint density at radius 2 is 1.67 bits per heavy atom. The molecule has 0 bridgehead atoms. The molecule has 2 aromatic carbocycles. The van der Waals surface area contributed by atoms with Gasteiger partial charge in [-0.15, -0.1) is 0 Å². The van der Waals surface area contributed by atoms with Crippen molar-refractivity contribution in [1.82, 2.24) is 5.32 Å². The number of rotatable bonds is 5. The number of halogens is 6. The lowest BCUT2D eigenvalue weighted by molar-refractivity contribution is -0.143. The highest BCUT2D eigenvalue weighted by atomic mass is 19.4. The van der Waals surface area contributed by atoms with E-state index < -0.39 is 30.1 Å². The third kappa shape index (κ3) is 5.26. The van der Waals surface area contributed by atoms with Crippen molar-refractivity contribution in [3.05, 3.63) is 64.2 Å². The molecule has 1 aliphatic rings. The van der Waals surface area contributed by atoms with Gasteiger partial charge in [0.25, 0.3) is 0 Å². The second kappa shape index (κ2) is 8.85. The largest absolute Gasteiger partial charge is 0.489 e. The van der Waals surface area contributed by atoms with Gasteiger partial charge in [-0.1, -0.05) is 12.1 Å². The minimum atomic E-state index is -4.91. The first kappa shape index (κ1) is 22.4. The number of piperidine rings is 1. The second-order valence-electron chi connectivity index (χ2n) is 7.23. The number of hydrogen-bond donors (Lipinski definition) is 2. The summed E-state index contributed by atoms with van der Waals surface area (Å²) in [5, 5.41) is 12.9. The molecular weight excluding hydrogens is 412 g/mol. The zero-order valence-corrected chi connectivity index (χ0v) is 15.9. The molecule has 1 unspecified atom stereocenters. The first-order valence-electron chi connectivity index (χ1n) is 9.44. The molecule has 1 saturated heterocycles. The number of hydrogen-bond acceptors (Lipinski definition) is 3. The number of benzene rings is 2. The van der Waals surface area contributed by atoms with E-state index in [0.29, 0.717) is 30.0 Å². The van der Waals surface area contributed by atoms with Gasteiger partial charge in [-0.2, -0.15) is 26.3 Å². The Labute approximate surface area is 169 Å². The van der Waals surface area contributed by atoms with Crippen LogP contribution in [0, 0.1) is 0 Å². The first-order valence-corrected chi connectivity index (χ1v) is 9.44. The van der Waals surface area contributed by atoms with E-state index in [1.165, 1.54) is 0 Å². The molecular formula is C21H21F6NO2. The topological polar surface area (TPSA) is 41.5 Å². The van der Waals surface area contributed by atoms with Crippen molar-refractivity contribution >= 4 is 0 Å². The molecule has 0 spiro atoms. The first-order chi connectivity index (χ1) is 14.1. The molecule has 3 rings (SSSR count). The highest BCUT2D eigenvalue weighted by molar-refractivity contribution is 5.43. The zero-order chi connectivity index (χ0) is 21.9. The van der Waals surface area contributed by atoms with Crippen molar-refractivity contribution in [3.63, 3.8) is 0 Å². The Morgan fingerprint density at radius 3 is 2.20 bits per heavy atom. The average molecular weight is 433 g/mol. The van der Waals surface area contributed by atoms with E-state index in [0.717, 1.165) is 24.9 Å². The molecule has 0 radical (unpaired) electrons. The summed E-state index contributed by atoms with van der Waals surface area (Å²) in [5.74, 6) is 0.380. The summed E-state index contributed by atoms with van der Waals surface area (Å²) in [4.78, 5) is 0. The zero-order valence-electron chi connectivity index (χ0n) is 15.9. The normalized spacial score (nSPS) is 17.8. The molecule has 164 valence electrons. The molecule has 1 atom stereocenters. The van der Waals surface area contributed by atoms with E-state index in [1.807, 2.05) is 0 Å². The van der Waals surface area contributed by atoms with Crippen LogP contribution in [0.2, 0.25) is 0 Å². The van der Waals surface area contributed by atoms with Gasteiger partial charge in [0.2, 0.25) is 0 Å². The third-order valence-electron chi connectivity index (χ3n) is 5.07. The average Bonchev–Trinajstić information content (AvgIpc) is 2.71. The fraction of sp³-hybridized carbons (Fsp3) is 0.429. The summed E-state index contributed by atoms with van der Waals surface area (Å²) < 4.78 is 84.1. The van der Waals surface area contributed by atoms with E-state index >= 15 is 0 Å². The van der Waals surface area contributed by atoms with Crippen molar-refractivity contribution in [2.45, 2.75) is 44.3 Å². The van der Waals surface area contributed by atoms with Gasteiger partial charge in [0.1, 0.15) is 12.4 Å². The minimum Gasteiger partial charge on any atom is -0.489 e. The summed E-state index contributed by atoms with van der Waals surface area (Å²) in [7, 11) is 0. The van der Waals surface area contributed by atoms with Crippen LogP contribution in [0.4, 0.5) is 26.3 Å². The van der Waals surface area contributed by atoms with Crippen molar-refractivity contribution in [2.75, 3.05) is 13.1 Å². The minimum absolute atomic E-state index is 0.0318. The SMILES string of the molecule is OCc1cccc(OCc2cc(C(F)(F)F)cc(C(F)(F)F)c2)c1C1CCCNC1. The van der Waals surface area contributed by atoms with Crippen LogP contribution >= 0.6 is 0 Å². The fourth-order valence-electron chi connectivity index (χ4n) is 3.68. The summed E-state index contributed by atoms with van der Waals surface area (Å²) in [6.07, 6.45) is -8.08. The number of aliphatic hydroxyl groups is 1. The molecule has 3 nitrogen and oxygen atoms in total. The fourth-order valence-corrected chi connectivity index (χ4v) is 3.68. The van der Waals surface area contributed by atoms with E-state index in [9.17, 15) is 31.4 Å². The van der Waals surface area contributed by atoms with Crippen LogP contribution in [0.3, 0.4) is 0 Å². The van der Waals surface area contributed by atoms with Gasteiger partial charge in [0.05, 0.1) is 17.7 Å². The van der Waals surface area contributed by atoms with Crippen LogP contribution in [0.1, 0.15) is 46.6 Å². The lowest BCUT2D eigenvalue weighted by Crippen LogP contribution is -2.29. The van der Waals surface area contributed by atoms with Gasteiger partial charge in [0, 0.05) is 18.0 Å². The molecule has 2 aromatic rings. The Hall–Kier alpha value is -2.26. The van der Waals surface area contributed by atoms with Gasteiger partial charge >= 0.3 is 12.4 Å². The van der Waals surface area contributed by atoms with Gasteiger partial charge in [-0.25, -0.2) is 0 Å². The highest BCUT2D eigenvalue weighted by Gasteiger charge is 2.37. The molecule has 0 aliphatic carbocycles. The summed E-state index contributed by atoms with van der Waals surface area (Å²) >= 11 is 0. The number of aliphatic hydroxyl groups excluding tert-OH is 1. The second-order valence-corrected chi connectivity index (χ2v) is 7.23. The van der Waals surface area contributed by atoms with Crippen LogP contribution in [0.25, 0.3) is 0 Å². The maximum absolute atomic E-state index is 13.1. The van der Waals surface area contributed by atoms with Gasteiger partial charge < -0.3 is 15.2 Å². The van der Waals surface area contributed by atoms with E-state index in [1.54, 1.807) is 18.2 Å². The van der Waals surface area contributed by atoms with Crippen molar-refractivity contribution < 1.29 is 36.2 Å². The van der Waals surface area contributed by atoms with Crippen LogP contribution in [-0.2, 0) is 25.6 Å². The maximum Gasteiger partial charge on any atom is 0.416 e. The molecule has 0 saturated carbocycles. The number of nitrogens with one attached hydrogen (secondary N) is 1. The molecule has 9 heteroatoms. The lowest BCUT2D eigenvalue weighted by Gasteiger charge is -2.27. The summed E-state index contributed by atoms with van der Waals surface area (Å²) in [5.41, 5.74) is -1.64. The van der Waals surface area contributed by atoms with Crippen LogP contribution in [0.15, 0.2) is 36.4 Å². The standard InChI is InChI=1S/C21H21F6NO2/c22-20(23,24)16-7-13(8-17(9-16)21(25,26)27)12-30-18-5-1-3-15(11-29)19(18)14-4-2-6-28-10-14/h1,3,5,7-9,14,28-29H,2,4,6,10-12H2. The number of ether oxygens (including phenoxy) is 1. The smallest absolute Gasteiger partial charge is 0.416 e. The van der Waals surface area contributed by atoms with E-state index in [-0.39, 0.29) is 24.2 Å². The number of alkyl halides is 6.